The Balaban J connectivity index is 1.65. The number of rotatable bonds is 4. The van der Waals surface area contributed by atoms with E-state index in [1.165, 1.54) is 0 Å². The first kappa shape index (κ1) is 19.7. The first-order valence-corrected chi connectivity index (χ1v) is 9.59. The van der Waals surface area contributed by atoms with Crippen LogP contribution in [0.1, 0.15) is 46.6 Å². The second-order valence-electron chi connectivity index (χ2n) is 8.82. The maximum atomic E-state index is 12.8. The summed E-state index contributed by atoms with van der Waals surface area (Å²) in [6, 6.07) is 1.49. The molecule has 1 saturated heterocycles. The summed E-state index contributed by atoms with van der Waals surface area (Å²) in [7, 11) is 0. The Labute approximate surface area is 159 Å². The molecular formula is C19H30N4O4. The highest BCUT2D eigenvalue weighted by molar-refractivity contribution is 5.77. The maximum absolute atomic E-state index is 12.8. The fraction of sp³-hybridized carbons (Fsp3) is 0.737. The molecule has 2 fully saturated rings. The number of carbonyl (C=O) groups is 2. The van der Waals surface area contributed by atoms with E-state index in [2.05, 4.69) is 10.4 Å². The largest absolute Gasteiger partial charge is 0.481 e. The van der Waals surface area contributed by atoms with Crippen molar-refractivity contribution < 1.29 is 19.4 Å². The van der Waals surface area contributed by atoms with Gasteiger partial charge in [-0.1, -0.05) is 6.92 Å². The minimum absolute atomic E-state index is 0.0257. The molecule has 2 N–H and O–H groups in total. The second-order valence-corrected chi connectivity index (χ2v) is 8.82. The third-order valence-corrected chi connectivity index (χ3v) is 5.22. The average Bonchev–Trinajstić information content (AvgIpc) is 3.05. The highest BCUT2D eigenvalue weighted by atomic mass is 16.5. The van der Waals surface area contributed by atoms with Gasteiger partial charge in [-0.05, 0) is 45.6 Å². The van der Waals surface area contributed by atoms with Gasteiger partial charge in [-0.25, -0.2) is 4.79 Å². The summed E-state index contributed by atoms with van der Waals surface area (Å²) in [5.74, 6) is -1.17. The van der Waals surface area contributed by atoms with Gasteiger partial charge in [0.25, 0.3) is 0 Å². The van der Waals surface area contributed by atoms with E-state index in [4.69, 9.17) is 4.74 Å². The van der Waals surface area contributed by atoms with Crippen LogP contribution in [0, 0.1) is 11.8 Å². The van der Waals surface area contributed by atoms with Crippen molar-refractivity contribution in [2.45, 2.75) is 64.3 Å². The Hall–Kier alpha value is -2.09. The zero-order valence-corrected chi connectivity index (χ0v) is 16.5. The fourth-order valence-electron chi connectivity index (χ4n) is 4.07. The molecule has 5 unspecified atom stereocenters. The fourth-order valence-corrected chi connectivity index (χ4v) is 4.07. The molecule has 0 aromatic carbocycles. The molecule has 0 spiro atoms. The van der Waals surface area contributed by atoms with E-state index in [1.807, 2.05) is 44.6 Å². The first-order valence-electron chi connectivity index (χ1n) is 9.59. The standard InChI is InChI=1S/C19H30N4O4/c1-12-8-13(17(24)25)11-22(10-12)18(26)21-14-9-15(27-19(2,3)4)16(14)23-7-5-6-20-23/h5-7,12-16H,8-11H2,1-4H3,(H,21,26)(H,24,25). The molecule has 8 heteroatoms. The van der Waals surface area contributed by atoms with Gasteiger partial charge in [-0.3, -0.25) is 9.48 Å². The number of carbonyl (C=O) groups excluding carboxylic acids is 1. The van der Waals surface area contributed by atoms with Crippen molar-refractivity contribution >= 4 is 12.0 Å². The van der Waals surface area contributed by atoms with Crippen molar-refractivity contribution in [2.24, 2.45) is 11.8 Å². The van der Waals surface area contributed by atoms with Crippen LogP contribution in [-0.2, 0) is 9.53 Å². The number of ether oxygens (including phenoxy) is 1. The first-order chi connectivity index (χ1) is 12.6. The summed E-state index contributed by atoms with van der Waals surface area (Å²) in [5.41, 5.74) is -0.276. The van der Waals surface area contributed by atoms with Gasteiger partial charge < -0.3 is 20.1 Å². The molecule has 3 rings (SSSR count). The monoisotopic (exact) mass is 378 g/mol. The normalized spacial score (nSPS) is 31.3. The number of urea groups is 1. The highest BCUT2D eigenvalue weighted by Crippen LogP contribution is 2.37. The minimum Gasteiger partial charge on any atom is -0.481 e. The number of nitrogens with one attached hydrogen (secondary N) is 1. The van der Waals surface area contributed by atoms with Crippen LogP contribution in [0.25, 0.3) is 0 Å². The van der Waals surface area contributed by atoms with Crippen LogP contribution in [0.5, 0.6) is 0 Å². The SMILES string of the molecule is CC1CC(C(=O)O)CN(C(=O)NC2CC(OC(C)(C)C)C2n2cccn2)C1. The molecule has 2 amide bonds. The molecule has 1 aromatic heterocycles. The van der Waals surface area contributed by atoms with Gasteiger partial charge in [-0.2, -0.15) is 5.10 Å². The summed E-state index contributed by atoms with van der Waals surface area (Å²) >= 11 is 0. The zero-order chi connectivity index (χ0) is 19.8. The number of hydrogen-bond acceptors (Lipinski definition) is 4. The summed E-state index contributed by atoms with van der Waals surface area (Å²) < 4.78 is 7.97. The summed E-state index contributed by atoms with van der Waals surface area (Å²) in [4.78, 5) is 25.8. The van der Waals surface area contributed by atoms with Gasteiger partial charge in [0, 0.05) is 25.5 Å². The lowest BCUT2D eigenvalue weighted by atomic mass is 9.82. The number of carboxylic acid groups (broad SMARTS) is 1. The second kappa shape index (κ2) is 7.50. The van der Waals surface area contributed by atoms with E-state index in [1.54, 1.807) is 11.1 Å². The molecule has 1 aliphatic heterocycles. The molecule has 2 heterocycles. The topological polar surface area (TPSA) is 96.7 Å². The van der Waals surface area contributed by atoms with E-state index < -0.39 is 11.9 Å². The van der Waals surface area contributed by atoms with Crippen LogP contribution in [0.15, 0.2) is 18.5 Å². The van der Waals surface area contributed by atoms with E-state index in [0.717, 1.165) is 0 Å². The molecule has 27 heavy (non-hydrogen) atoms. The van der Waals surface area contributed by atoms with Crippen LogP contribution >= 0.6 is 0 Å². The van der Waals surface area contributed by atoms with Crippen LogP contribution in [0.4, 0.5) is 4.79 Å². The minimum atomic E-state index is -0.837. The predicted octanol–water partition coefficient (Wildman–Crippen LogP) is 2.13. The van der Waals surface area contributed by atoms with Crippen molar-refractivity contribution in [2.75, 3.05) is 13.1 Å². The lowest BCUT2D eigenvalue weighted by Crippen LogP contribution is -2.61. The molecule has 1 aromatic rings. The number of nitrogens with zero attached hydrogens (tertiary/aromatic N) is 3. The molecule has 0 bridgehead atoms. The van der Waals surface area contributed by atoms with E-state index in [9.17, 15) is 14.7 Å². The number of amides is 2. The van der Waals surface area contributed by atoms with Crippen molar-refractivity contribution in [1.29, 1.82) is 0 Å². The van der Waals surface area contributed by atoms with Crippen molar-refractivity contribution in [1.82, 2.24) is 20.0 Å². The third-order valence-electron chi connectivity index (χ3n) is 5.22. The highest BCUT2D eigenvalue weighted by Gasteiger charge is 2.47. The third kappa shape index (κ3) is 4.61. The smallest absolute Gasteiger partial charge is 0.317 e. The Morgan fingerprint density at radius 2 is 2.00 bits per heavy atom. The van der Waals surface area contributed by atoms with Gasteiger partial charge in [0.2, 0.25) is 0 Å². The Morgan fingerprint density at radius 3 is 2.59 bits per heavy atom. The Morgan fingerprint density at radius 1 is 1.26 bits per heavy atom. The van der Waals surface area contributed by atoms with E-state index >= 15 is 0 Å². The van der Waals surface area contributed by atoms with Gasteiger partial charge in [-0.15, -0.1) is 0 Å². The van der Waals surface area contributed by atoms with E-state index in [-0.39, 0.29) is 42.3 Å². The Kier molecular flexibility index (Phi) is 5.46. The number of hydrogen-bond donors (Lipinski definition) is 2. The summed E-state index contributed by atoms with van der Waals surface area (Å²) in [6.45, 7) is 8.86. The number of carboxylic acids is 1. The lowest BCUT2D eigenvalue weighted by molar-refractivity contribution is -0.143. The lowest BCUT2D eigenvalue weighted by Gasteiger charge is -2.47. The molecule has 8 nitrogen and oxygen atoms in total. The summed E-state index contributed by atoms with van der Waals surface area (Å²) in [5, 5.41) is 16.7. The predicted molar refractivity (Wildman–Crippen MR) is 99.3 cm³/mol. The van der Waals surface area contributed by atoms with Crippen LogP contribution in [0.2, 0.25) is 0 Å². The molecule has 2 aliphatic rings. The number of likely N-dealkylation sites (tertiary alicyclic amines) is 1. The van der Waals surface area contributed by atoms with Crippen LogP contribution < -0.4 is 5.32 Å². The van der Waals surface area contributed by atoms with Crippen LogP contribution in [-0.4, -0.2) is 62.6 Å². The quantitative estimate of drug-likeness (QED) is 0.837. The van der Waals surface area contributed by atoms with Crippen molar-refractivity contribution in [3.8, 4) is 0 Å². The molecule has 1 aliphatic carbocycles. The van der Waals surface area contributed by atoms with Crippen LogP contribution in [0.3, 0.4) is 0 Å². The van der Waals surface area contributed by atoms with Gasteiger partial charge in [0.05, 0.1) is 29.7 Å². The maximum Gasteiger partial charge on any atom is 0.317 e. The molecular weight excluding hydrogens is 348 g/mol. The molecule has 5 atom stereocenters. The Bertz CT molecular complexity index is 670. The molecule has 0 radical (unpaired) electrons. The van der Waals surface area contributed by atoms with Gasteiger partial charge in [0.15, 0.2) is 0 Å². The zero-order valence-electron chi connectivity index (χ0n) is 16.5. The number of aromatic nitrogens is 2. The molecule has 150 valence electrons. The summed E-state index contributed by atoms with van der Waals surface area (Å²) in [6.07, 6.45) is 4.89. The number of piperidine rings is 1. The van der Waals surface area contributed by atoms with Crippen molar-refractivity contribution in [3.05, 3.63) is 18.5 Å². The van der Waals surface area contributed by atoms with E-state index in [0.29, 0.717) is 19.4 Å². The van der Waals surface area contributed by atoms with Gasteiger partial charge >= 0.3 is 12.0 Å². The van der Waals surface area contributed by atoms with Crippen molar-refractivity contribution in [3.63, 3.8) is 0 Å². The van der Waals surface area contributed by atoms with Gasteiger partial charge in [0.1, 0.15) is 0 Å². The molecule has 1 saturated carbocycles. The number of aliphatic carboxylic acids is 1. The average molecular weight is 378 g/mol.